The molecule has 88 valence electrons. The van der Waals surface area contributed by atoms with E-state index in [0.717, 1.165) is 12.1 Å². The largest absolute Gasteiger partial charge is 0.478 e. The zero-order chi connectivity index (χ0) is 12.3. The molecule has 1 N–H and O–H groups in total. The molecule has 0 amide bonds. The van der Waals surface area contributed by atoms with Gasteiger partial charge in [-0.1, -0.05) is 17.8 Å². The summed E-state index contributed by atoms with van der Waals surface area (Å²) in [5.74, 6) is -1.72. The second-order valence-electron chi connectivity index (χ2n) is 2.80. The molecular formula is C9H6F4O2S. The van der Waals surface area contributed by atoms with Crippen LogP contribution >= 0.6 is 11.8 Å². The first-order valence-electron chi connectivity index (χ1n) is 4.01. The number of carbonyl (C=O) groups is 1. The van der Waals surface area contributed by atoms with Crippen molar-refractivity contribution in [1.29, 1.82) is 0 Å². The molecule has 0 aliphatic heterocycles. The molecule has 7 heteroatoms. The SMILES string of the molecule is O=C(O)C(F)Sc1cccc(C(F)(F)F)c1. The van der Waals surface area contributed by atoms with Crippen LogP contribution in [0.1, 0.15) is 5.56 Å². The molecule has 1 aromatic rings. The lowest BCUT2D eigenvalue weighted by Crippen LogP contribution is -2.10. The number of rotatable bonds is 3. The highest BCUT2D eigenvalue weighted by molar-refractivity contribution is 8.00. The van der Waals surface area contributed by atoms with Gasteiger partial charge in [-0.05, 0) is 18.2 Å². The second-order valence-corrected chi connectivity index (χ2v) is 3.92. The van der Waals surface area contributed by atoms with Crippen LogP contribution in [0.25, 0.3) is 0 Å². The fraction of sp³-hybridized carbons (Fsp3) is 0.222. The van der Waals surface area contributed by atoms with Gasteiger partial charge in [-0.3, -0.25) is 0 Å². The molecule has 0 fully saturated rings. The van der Waals surface area contributed by atoms with Crippen LogP contribution in [0.15, 0.2) is 29.2 Å². The highest BCUT2D eigenvalue weighted by Gasteiger charge is 2.30. The first-order chi connectivity index (χ1) is 7.30. The molecular weight excluding hydrogens is 248 g/mol. The zero-order valence-electron chi connectivity index (χ0n) is 7.66. The average molecular weight is 254 g/mol. The second kappa shape index (κ2) is 4.73. The Morgan fingerprint density at radius 1 is 1.38 bits per heavy atom. The van der Waals surface area contributed by atoms with E-state index in [-0.39, 0.29) is 16.7 Å². The monoisotopic (exact) mass is 254 g/mol. The molecule has 0 aromatic heterocycles. The van der Waals surface area contributed by atoms with Crippen molar-refractivity contribution < 1.29 is 27.5 Å². The van der Waals surface area contributed by atoms with Crippen LogP contribution in [-0.2, 0) is 11.0 Å². The van der Waals surface area contributed by atoms with E-state index in [0.29, 0.717) is 6.07 Å². The fourth-order valence-electron chi connectivity index (χ4n) is 0.916. The molecule has 0 aliphatic carbocycles. The third-order valence-corrected chi connectivity index (χ3v) is 2.53. The Bertz CT molecular complexity index is 391. The van der Waals surface area contributed by atoms with Crippen LogP contribution in [0, 0.1) is 0 Å². The lowest BCUT2D eigenvalue weighted by atomic mass is 10.2. The summed E-state index contributed by atoms with van der Waals surface area (Å²) in [6, 6.07) is 3.85. The molecule has 16 heavy (non-hydrogen) atoms. The van der Waals surface area contributed by atoms with Gasteiger partial charge in [-0.15, -0.1) is 0 Å². The molecule has 0 heterocycles. The fourth-order valence-corrected chi connectivity index (χ4v) is 1.61. The van der Waals surface area contributed by atoms with Gasteiger partial charge in [0.05, 0.1) is 5.56 Å². The summed E-state index contributed by atoms with van der Waals surface area (Å²) in [4.78, 5) is 10.1. The van der Waals surface area contributed by atoms with Crippen LogP contribution in [0.2, 0.25) is 0 Å². The summed E-state index contributed by atoms with van der Waals surface area (Å²) >= 11 is 0.216. The maximum atomic E-state index is 12.7. The van der Waals surface area contributed by atoms with Crippen molar-refractivity contribution in [2.45, 2.75) is 16.6 Å². The van der Waals surface area contributed by atoms with E-state index in [1.54, 1.807) is 0 Å². The van der Waals surface area contributed by atoms with Gasteiger partial charge < -0.3 is 5.11 Å². The molecule has 0 aliphatic rings. The number of carboxylic acids is 1. The molecule has 0 bridgehead atoms. The Labute approximate surface area is 92.3 Å². The summed E-state index contributed by atoms with van der Waals surface area (Å²) in [5.41, 5.74) is -3.21. The van der Waals surface area contributed by atoms with Crippen molar-refractivity contribution in [3.8, 4) is 0 Å². The van der Waals surface area contributed by atoms with Gasteiger partial charge in [0, 0.05) is 4.90 Å². The number of halogens is 4. The van der Waals surface area contributed by atoms with Gasteiger partial charge in [0.1, 0.15) is 0 Å². The van der Waals surface area contributed by atoms with Crippen LogP contribution in [0.4, 0.5) is 17.6 Å². The number of hydrogen-bond donors (Lipinski definition) is 1. The predicted molar refractivity (Wildman–Crippen MR) is 49.8 cm³/mol. The Balaban J connectivity index is 2.87. The summed E-state index contributed by atoms with van der Waals surface area (Å²) in [6.45, 7) is 0. The van der Waals surface area contributed by atoms with E-state index in [1.165, 1.54) is 6.07 Å². The molecule has 0 saturated carbocycles. The van der Waals surface area contributed by atoms with Crippen LogP contribution in [0.5, 0.6) is 0 Å². The highest BCUT2D eigenvalue weighted by Crippen LogP contribution is 2.33. The smallest absolute Gasteiger partial charge is 0.416 e. The lowest BCUT2D eigenvalue weighted by Gasteiger charge is -2.08. The number of alkyl halides is 4. The van der Waals surface area contributed by atoms with Gasteiger partial charge >= 0.3 is 12.1 Å². The van der Waals surface area contributed by atoms with E-state index in [9.17, 15) is 22.4 Å². The Morgan fingerprint density at radius 2 is 2.00 bits per heavy atom. The van der Waals surface area contributed by atoms with Crippen molar-refractivity contribution in [1.82, 2.24) is 0 Å². The highest BCUT2D eigenvalue weighted by atomic mass is 32.2. The first-order valence-corrected chi connectivity index (χ1v) is 4.89. The van der Waals surface area contributed by atoms with Gasteiger partial charge in [-0.25, -0.2) is 9.18 Å². The third kappa shape index (κ3) is 3.41. The molecule has 1 rings (SSSR count). The average Bonchev–Trinajstić information content (AvgIpc) is 2.16. The molecule has 2 nitrogen and oxygen atoms in total. The lowest BCUT2D eigenvalue weighted by molar-refractivity contribution is -0.139. The number of thioether (sulfide) groups is 1. The number of hydrogen-bond acceptors (Lipinski definition) is 2. The minimum Gasteiger partial charge on any atom is -0.478 e. The van der Waals surface area contributed by atoms with Gasteiger partial charge in [0.2, 0.25) is 5.50 Å². The quantitative estimate of drug-likeness (QED) is 0.665. The molecule has 1 aromatic carbocycles. The normalized spacial score (nSPS) is 13.5. The van der Waals surface area contributed by atoms with E-state index >= 15 is 0 Å². The number of carboxylic acid groups (broad SMARTS) is 1. The van der Waals surface area contributed by atoms with Crippen molar-refractivity contribution >= 4 is 17.7 Å². The number of aliphatic carboxylic acids is 1. The minimum atomic E-state index is -4.52. The maximum absolute atomic E-state index is 12.7. The summed E-state index contributed by atoms with van der Waals surface area (Å²) < 4.78 is 49.5. The maximum Gasteiger partial charge on any atom is 0.416 e. The molecule has 1 atom stereocenters. The van der Waals surface area contributed by atoms with Crippen LogP contribution in [-0.4, -0.2) is 16.6 Å². The van der Waals surface area contributed by atoms with Gasteiger partial charge in [0.15, 0.2) is 0 Å². The Kier molecular flexibility index (Phi) is 3.79. The van der Waals surface area contributed by atoms with Crippen molar-refractivity contribution in [2.75, 3.05) is 0 Å². The first kappa shape index (κ1) is 12.8. The summed E-state index contributed by atoms with van der Waals surface area (Å²) in [6.07, 6.45) is -4.52. The standard InChI is InChI=1S/C9H6F4O2S/c10-7(8(14)15)16-6-3-1-2-5(4-6)9(11,12)13/h1-4,7H,(H,14,15). The van der Waals surface area contributed by atoms with Crippen molar-refractivity contribution in [3.63, 3.8) is 0 Å². The molecule has 0 spiro atoms. The van der Waals surface area contributed by atoms with Crippen molar-refractivity contribution in [3.05, 3.63) is 29.8 Å². The number of benzene rings is 1. The topological polar surface area (TPSA) is 37.3 Å². The third-order valence-electron chi connectivity index (χ3n) is 1.60. The molecule has 1 unspecified atom stereocenters. The molecule has 0 radical (unpaired) electrons. The molecule has 0 saturated heterocycles. The van der Waals surface area contributed by atoms with Crippen molar-refractivity contribution in [2.24, 2.45) is 0 Å². The van der Waals surface area contributed by atoms with Crippen LogP contribution in [0.3, 0.4) is 0 Å². The predicted octanol–water partition coefficient (Wildman–Crippen LogP) is 3.18. The zero-order valence-corrected chi connectivity index (χ0v) is 8.48. The van der Waals surface area contributed by atoms with E-state index in [4.69, 9.17) is 5.11 Å². The summed E-state index contributed by atoms with van der Waals surface area (Å²) in [5, 5.41) is 8.25. The Morgan fingerprint density at radius 3 is 2.50 bits per heavy atom. The van der Waals surface area contributed by atoms with E-state index < -0.39 is 23.2 Å². The van der Waals surface area contributed by atoms with E-state index in [2.05, 4.69) is 0 Å². The van der Waals surface area contributed by atoms with Crippen LogP contribution < -0.4 is 0 Å². The Hall–Kier alpha value is -1.24. The minimum absolute atomic E-state index is 0.0790. The van der Waals surface area contributed by atoms with Gasteiger partial charge in [0.25, 0.3) is 0 Å². The van der Waals surface area contributed by atoms with E-state index in [1.807, 2.05) is 0 Å². The summed E-state index contributed by atoms with van der Waals surface area (Å²) in [7, 11) is 0. The van der Waals surface area contributed by atoms with Gasteiger partial charge in [-0.2, -0.15) is 13.2 Å².